The van der Waals surface area contributed by atoms with Gasteiger partial charge >= 0.3 is 30.7 Å². The van der Waals surface area contributed by atoms with Gasteiger partial charge in [0.1, 0.15) is 0 Å². The molecule has 0 saturated carbocycles. The smallest absolute Gasteiger partial charge is 1.00 e. The van der Waals surface area contributed by atoms with E-state index < -0.39 is 5.97 Å². The summed E-state index contributed by atoms with van der Waals surface area (Å²) in [6, 6.07) is 9.22. The van der Waals surface area contributed by atoms with Crippen LogP contribution in [0.2, 0.25) is 0 Å². The summed E-state index contributed by atoms with van der Waals surface area (Å²) in [6.07, 6.45) is 1.40. The van der Waals surface area contributed by atoms with Gasteiger partial charge in [0, 0.05) is 5.56 Å². The molecule has 15 heavy (non-hydrogen) atoms. The SMILES string of the molecule is O=C(O)c1ncc(-c2ccccc2)o1.[H-].[Li+]. The Hall–Kier alpha value is -1.50. The standard InChI is InChI=1S/C10H7NO3.Li.H/c12-10(13)9-11-6-8(14-9)7-4-2-1-3-5-7;;/h1-6H,(H,12,13);;/q;+1;-1. The van der Waals surface area contributed by atoms with Crippen LogP contribution in [0.15, 0.2) is 40.9 Å². The maximum atomic E-state index is 10.5. The summed E-state index contributed by atoms with van der Waals surface area (Å²) in [4.78, 5) is 14.1. The van der Waals surface area contributed by atoms with Crippen LogP contribution in [0, 0.1) is 0 Å². The number of aromatic nitrogens is 1. The molecule has 0 aliphatic rings. The van der Waals surface area contributed by atoms with Gasteiger partial charge in [-0.05, 0) is 0 Å². The molecule has 0 saturated heterocycles. The third-order valence-corrected chi connectivity index (χ3v) is 1.75. The molecule has 5 heteroatoms. The van der Waals surface area contributed by atoms with E-state index in [9.17, 15) is 4.79 Å². The first-order valence-electron chi connectivity index (χ1n) is 4.02. The summed E-state index contributed by atoms with van der Waals surface area (Å²) in [5, 5.41) is 8.59. The Morgan fingerprint density at radius 1 is 1.33 bits per heavy atom. The molecule has 0 aliphatic heterocycles. The van der Waals surface area contributed by atoms with E-state index in [0.29, 0.717) is 5.76 Å². The van der Waals surface area contributed by atoms with Crippen molar-refractivity contribution >= 4 is 5.97 Å². The van der Waals surface area contributed by atoms with Crippen molar-refractivity contribution in [2.24, 2.45) is 0 Å². The minimum absolute atomic E-state index is 0. The Bertz CT molecular complexity index is 458. The topological polar surface area (TPSA) is 63.3 Å². The molecule has 0 atom stereocenters. The van der Waals surface area contributed by atoms with Gasteiger partial charge in [-0.15, -0.1) is 0 Å². The van der Waals surface area contributed by atoms with E-state index in [0.717, 1.165) is 5.56 Å². The van der Waals surface area contributed by atoms with E-state index >= 15 is 0 Å². The Morgan fingerprint density at radius 3 is 2.53 bits per heavy atom. The second kappa shape index (κ2) is 4.83. The fourth-order valence-corrected chi connectivity index (χ4v) is 1.11. The quantitative estimate of drug-likeness (QED) is 0.637. The van der Waals surface area contributed by atoms with Crippen molar-refractivity contribution < 1.29 is 34.6 Å². The van der Waals surface area contributed by atoms with Crippen molar-refractivity contribution in [3.8, 4) is 11.3 Å². The van der Waals surface area contributed by atoms with E-state index in [1.54, 1.807) is 0 Å². The van der Waals surface area contributed by atoms with E-state index in [1.807, 2.05) is 30.3 Å². The molecule has 1 aromatic heterocycles. The van der Waals surface area contributed by atoms with Gasteiger partial charge in [-0.2, -0.15) is 0 Å². The number of aromatic carboxylic acids is 1. The van der Waals surface area contributed by atoms with Crippen LogP contribution in [-0.4, -0.2) is 16.1 Å². The molecule has 0 fully saturated rings. The third-order valence-electron chi connectivity index (χ3n) is 1.75. The van der Waals surface area contributed by atoms with Crippen LogP contribution in [0.25, 0.3) is 11.3 Å². The number of nitrogens with zero attached hydrogens (tertiary/aromatic N) is 1. The Kier molecular flexibility index (Phi) is 3.72. The minimum Gasteiger partial charge on any atom is -1.00 e. The van der Waals surface area contributed by atoms with Crippen molar-refractivity contribution in [1.82, 2.24) is 4.98 Å². The van der Waals surface area contributed by atoms with Crippen LogP contribution in [0.5, 0.6) is 0 Å². The number of carboxylic acid groups (broad SMARTS) is 1. The summed E-state index contributed by atoms with van der Waals surface area (Å²) in [6.45, 7) is 0. The maximum Gasteiger partial charge on any atom is 1.00 e. The van der Waals surface area contributed by atoms with Crippen molar-refractivity contribution in [3.63, 3.8) is 0 Å². The van der Waals surface area contributed by atoms with Crippen LogP contribution in [0.3, 0.4) is 0 Å². The van der Waals surface area contributed by atoms with Crippen LogP contribution < -0.4 is 18.9 Å². The monoisotopic (exact) mass is 197 g/mol. The zero-order valence-electron chi connectivity index (χ0n) is 9.18. The van der Waals surface area contributed by atoms with Crippen LogP contribution in [-0.2, 0) is 0 Å². The summed E-state index contributed by atoms with van der Waals surface area (Å²) in [5.74, 6) is -0.987. The van der Waals surface area contributed by atoms with Crippen LogP contribution in [0.4, 0.5) is 0 Å². The summed E-state index contributed by atoms with van der Waals surface area (Å²) < 4.78 is 5.02. The Labute approximate surface area is 99.6 Å². The number of hydrogen-bond donors (Lipinski definition) is 1. The largest absolute Gasteiger partial charge is 1.00 e. The molecular weight excluding hydrogens is 189 g/mol. The second-order valence-corrected chi connectivity index (χ2v) is 2.70. The Balaban J connectivity index is 0.00000112. The molecule has 1 aromatic carbocycles. The minimum atomic E-state index is -1.16. The molecule has 2 aromatic rings. The van der Waals surface area contributed by atoms with E-state index in [1.165, 1.54) is 6.20 Å². The first-order valence-corrected chi connectivity index (χ1v) is 4.02. The number of benzene rings is 1. The van der Waals surface area contributed by atoms with Gasteiger partial charge in [0.05, 0.1) is 6.20 Å². The molecule has 0 amide bonds. The molecule has 72 valence electrons. The number of hydrogen-bond acceptors (Lipinski definition) is 3. The molecule has 1 heterocycles. The Morgan fingerprint density at radius 2 is 2.00 bits per heavy atom. The van der Waals surface area contributed by atoms with E-state index in [4.69, 9.17) is 9.52 Å². The van der Waals surface area contributed by atoms with Gasteiger partial charge in [-0.25, -0.2) is 9.78 Å². The summed E-state index contributed by atoms with van der Waals surface area (Å²) in [7, 11) is 0. The molecule has 0 aliphatic carbocycles. The molecule has 2 rings (SSSR count). The molecule has 0 radical (unpaired) electrons. The number of rotatable bonds is 2. The fourth-order valence-electron chi connectivity index (χ4n) is 1.11. The molecule has 0 bridgehead atoms. The van der Waals surface area contributed by atoms with Crippen LogP contribution >= 0.6 is 0 Å². The molecule has 4 nitrogen and oxygen atoms in total. The predicted molar refractivity (Wildman–Crippen MR) is 50.0 cm³/mol. The van der Waals surface area contributed by atoms with Gasteiger partial charge in [0.15, 0.2) is 5.76 Å². The first kappa shape index (κ1) is 11.6. The fraction of sp³-hybridized carbons (Fsp3) is 0. The van der Waals surface area contributed by atoms with Crippen molar-refractivity contribution in [1.29, 1.82) is 0 Å². The number of carbonyl (C=O) groups is 1. The average molecular weight is 197 g/mol. The molecule has 0 unspecified atom stereocenters. The van der Waals surface area contributed by atoms with Gasteiger partial charge in [0.25, 0.3) is 0 Å². The number of carboxylic acids is 1. The summed E-state index contributed by atoms with van der Waals surface area (Å²) in [5.41, 5.74) is 0.813. The van der Waals surface area contributed by atoms with Gasteiger partial charge in [0.2, 0.25) is 0 Å². The second-order valence-electron chi connectivity index (χ2n) is 2.70. The molecule has 1 N–H and O–H groups in total. The van der Waals surface area contributed by atoms with Gasteiger partial charge in [-0.3, -0.25) is 0 Å². The van der Waals surface area contributed by atoms with Crippen molar-refractivity contribution in [2.45, 2.75) is 0 Å². The normalized spacial score (nSPS) is 9.33. The van der Waals surface area contributed by atoms with Gasteiger partial charge < -0.3 is 11.0 Å². The van der Waals surface area contributed by atoms with Crippen molar-refractivity contribution in [2.75, 3.05) is 0 Å². The molecular formula is C10H8LiNO3. The zero-order chi connectivity index (χ0) is 9.97. The molecule has 0 spiro atoms. The van der Waals surface area contributed by atoms with E-state index in [2.05, 4.69) is 4.98 Å². The average Bonchev–Trinajstić information content (AvgIpc) is 2.68. The number of oxazole rings is 1. The zero-order valence-corrected chi connectivity index (χ0v) is 8.18. The predicted octanol–water partition coefficient (Wildman–Crippen LogP) is -0.844. The van der Waals surface area contributed by atoms with Crippen molar-refractivity contribution in [3.05, 3.63) is 42.4 Å². The van der Waals surface area contributed by atoms with Gasteiger partial charge in [-0.1, -0.05) is 30.3 Å². The summed E-state index contributed by atoms with van der Waals surface area (Å²) >= 11 is 0. The van der Waals surface area contributed by atoms with Crippen LogP contribution in [0.1, 0.15) is 12.1 Å². The first-order chi connectivity index (χ1) is 6.77. The third kappa shape index (κ3) is 2.49. The van der Waals surface area contributed by atoms with E-state index in [-0.39, 0.29) is 26.2 Å². The maximum absolute atomic E-state index is 10.5.